The minimum atomic E-state index is -0.377. The Hall–Kier alpha value is -3.46. The summed E-state index contributed by atoms with van der Waals surface area (Å²) in [5, 5.41) is 6.12. The van der Waals surface area contributed by atoms with E-state index in [0.717, 1.165) is 18.5 Å². The summed E-state index contributed by atoms with van der Waals surface area (Å²) in [4.78, 5) is 26.3. The molecule has 4 heterocycles. The summed E-state index contributed by atoms with van der Waals surface area (Å²) in [6, 6.07) is 7.12. The molecule has 0 saturated carbocycles. The fourth-order valence-corrected chi connectivity index (χ4v) is 3.81. The summed E-state index contributed by atoms with van der Waals surface area (Å²) < 4.78 is 12.0. The van der Waals surface area contributed by atoms with Gasteiger partial charge in [-0.1, -0.05) is 6.07 Å². The molecule has 2 aliphatic rings. The molecule has 168 valence electrons. The van der Waals surface area contributed by atoms with Crippen LogP contribution in [0, 0.1) is 0 Å². The van der Waals surface area contributed by atoms with E-state index in [-0.39, 0.29) is 23.5 Å². The molecule has 1 unspecified atom stereocenters. The number of nitrogens with one attached hydrogen (secondary N) is 2. The number of allylic oxidation sites excluding steroid dienone is 1. The molecule has 0 radical (unpaired) electrons. The third-order valence-electron chi connectivity index (χ3n) is 5.29. The van der Waals surface area contributed by atoms with Crippen LogP contribution in [0.5, 0.6) is 11.8 Å². The van der Waals surface area contributed by atoms with Crippen molar-refractivity contribution in [2.75, 3.05) is 25.5 Å². The molecule has 2 aromatic rings. The Kier molecular flexibility index (Phi) is 6.09. The van der Waals surface area contributed by atoms with Crippen LogP contribution >= 0.6 is 0 Å². The summed E-state index contributed by atoms with van der Waals surface area (Å²) >= 11 is 0. The second-order valence-corrected chi connectivity index (χ2v) is 8.45. The molecular weight excluding hydrogens is 408 g/mol. The van der Waals surface area contributed by atoms with Crippen molar-refractivity contribution < 1.29 is 14.3 Å². The standard InChI is InChI=1S/C23H28N6O3/c1-23(2)10-14-9-17(22(29-21(14)32-23)31-16-7-8-26-13-16)20(30)28-19-6-4-5-18(27-19)15(11-24)12-25-3/h4-6,9,11-12,16,26H,7-8,10,13,24H2,1-3H3,(H,27,28,30). The fraction of sp³-hybridized carbons (Fsp3) is 0.391. The molecule has 0 aliphatic carbocycles. The van der Waals surface area contributed by atoms with Crippen molar-refractivity contribution in [2.24, 2.45) is 10.7 Å². The van der Waals surface area contributed by atoms with Crippen molar-refractivity contribution >= 4 is 23.5 Å². The molecule has 9 heteroatoms. The van der Waals surface area contributed by atoms with E-state index in [9.17, 15) is 4.79 Å². The zero-order valence-electron chi connectivity index (χ0n) is 18.5. The average Bonchev–Trinajstić information content (AvgIpc) is 3.37. The predicted molar refractivity (Wildman–Crippen MR) is 123 cm³/mol. The second kappa shape index (κ2) is 8.96. The maximum Gasteiger partial charge on any atom is 0.262 e. The van der Waals surface area contributed by atoms with Crippen LogP contribution in [0.2, 0.25) is 0 Å². The van der Waals surface area contributed by atoms with Gasteiger partial charge in [-0.15, -0.1) is 0 Å². The number of nitrogens with zero attached hydrogens (tertiary/aromatic N) is 3. The highest BCUT2D eigenvalue weighted by Crippen LogP contribution is 2.37. The molecule has 1 amide bonds. The number of pyridine rings is 2. The van der Waals surface area contributed by atoms with Gasteiger partial charge < -0.3 is 25.8 Å². The van der Waals surface area contributed by atoms with Gasteiger partial charge in [-0.25, -0.2) is 4.98 Å². The maximum atomic E-state index is 13.3. The number of carbonyl (C=O) groups is 1. The molecule has 0 spiro atoms. The zero-order valence-corrected chi connectivity index (χ0v) is 18.5. The first-order chi connectivity index (χ1) is 15.4. The molecule has 0 aromatic carbocycles. The Morgan fingerprint density at radius 3 is 2.97 bits per heavy atom. The topological polar surface area (TPSA) is 124 Å². The average molecular weight is 437 g/mol. The summed E-state index contributed by atoms with van der Waals surface area (Å²) in [7, 11) is 1.66. The highest BCUT2D eigenvalue weighted by atomic mass is 16.5. The molecule has 0 bridgehead atoms. The molecule has 32 heavy (non-hydrogen) atoms. The Morgan fingerprint density at radius 1 is 1.41 bits per heavy atom. The van der Waals surface area contributed by atoms with Gasteiger partial charge in [-0.05, 0) is 45.0 Å². The largest absolute Gasteiger partial charge is 0.472 e. The molecule has 1 atom stereocenters. The van der Waals surface area contributed by atoms with Crippen LogP contribution in [0.4, 0.5) is 5.82 Å². The number of anilines is 1. The molecule has 2 aromatic heterocycles. The van der Waals surface area contributed by atoms with Crippen LogP contribution in [0.15, 0.2) is 35.5 Å². The van der Waals surface area contributed by atoms with Gasteiger partial charge in [0, 0.05) is 43.6 Å². The molecule has 1 fully saturated rings. The fourth-order valence-electron chi connectivity index (χ4n) is 3.81. The monoisotopic (exact) mass is 436 g/mol. The lowest BCUT2D eigenvalue weighted by molar-refractivity contribution is 0.101. The van der Waals surface area contributed by atoms with Gasteiger partial charge in [0.1, 0.15) is 23.1 Å². The number of rotatable bonds is 6. The Labute approximate surface area is 187 Å². The number of nitrogens with two attached hydrogens (primary N) is 1. The smallest absolute Gasteiger partial charge is 0.262 e. The van der Waals surface area contributed by atoms with E-state index in [1.54, 1.807) is 31.5 Å². The Morgan fingerprint density at radius 2 is 2.25 bits per heavy atom. The van der Waals surface area contributed by atoms with E-state index in [1.807, 2.05) is 19.9 Å². The number of hydrogen-bond acceptors (Lipinski definition) is 8. The van der Waals surface area contributed by atoms with Crippen molar-refractivity contribution in [1.29, 1.82) is 0 Å². The lowest BCUT2D eigenvalue weighted by Gasteiger charge is -2.17. The van der Waals surface area contributed by atoms with E-state index >= 15 is 0 Å². The highest BCUT2D eigenvalue weighted by Gasteiger charge is 2.34. The lowest BCUT2D eigenvalue weighted by Crippen LogP contribution is -2.25. The lowest BCUT2D eigenvalue weighted by atomic mass is 10.0. The van der Waals surface area contributed by atoms with Crippen LogP contribution in [0.3, 0.4) is 0 Å². The van der Waals surface area contributed by atoms with Gasteiger partial charge in [0.25, 0.3) is 5.91 Å². The minimum Gasteiger partial charge on any atom is -0.472 e. The molecule has 1 saturated heterocycles. The third-order valence-corrected chi connectivity index (χ3v) is 5.29. The van der Waals surface area contributed by atoms with Gasteiger partial charge in [0.15, 0.2) is 0 Å². The molecule has 2 aliphatic heterocycles. The third kappa shape index (κ3) is 4.72. The first kappa shape index (κ1) is 21.8. The van der Waals surface area contributed by atoms with Gasteiger partial charge >= 0.3 is 0 Å². The van der Waals surface area contributed by atoms with Crippen LogP contribution in [-0.2, 0) is 6.42 Å². The number of carbonyl (C=O) groups excluding carboxylic acids is 1. The summed E-state index contributed by atoms with van der Waals surface area (Å²) in [5.41, 5.74) is 7.80. The predicted octanol–water partition coefficient (Wildman–Crippen LogP) is 2.18. The first-order valence-corrected chi connectivity index (χ1v) is 10.6. The molecule has 4 N–H and O–H groups in total. The number of amides is 1. The van der Waals surface area contributed by atoms with Crippen molar-refractivity contribution in [3.8, 4) is 11.8 Å². The number of fused-ring (bicyclic) bond motifs is 1. The van der Waals surface area contributed by atoms with Gasteiger partial charge in [0.2, 0.25) is 11.8 Å². The second-order valence-electron chi connectivity index (χ2n) is 8.45. The molecule has 4 rings (SSSR count). The van der Waals surface area contributed by atoms with E-state index in [1.165, 1.54) is 6.20 Å². The van der Waals surface area contributed by atoms with Crippen LogP contribution in [-0.4, -0.2) is 53.9 Å². The van der Waals surface area contributed by atoms with E-state index in [2.05, 4.69) is 25.6 Å². The normalized spacial score (nSPS) is 19.6. The minimum absolute atomic E-state index is 0.0476. The van der Waals surface area contributed by atoms with Crippen molar-refractivity contribution in [1.82, 2.24) is 15.3 Å². The van der Waals surface area contributed by atoms with Crippen molar-refractivity contribution in [3.63, 3.8) is 0 Å². The quantitative estimate of drug-likeness (QED) is 0.593. The summed E-state index contributed by atoms with van der Waals surface area (Å²) in [6.07, 6.45) is 4.50. The van der Waals surface area contributed by atoms with Gasteiger partial charge in [0.05, 0.1) is 5.69 Å². The van der Waals surface area contributed by atoms with Crippen molar-refractivity contribution in [3.05, 3.63) is 47.3 Å². The Balaban J connectivity index is 1.63. The van der Waals surface area contributed by atoms with Crippen LogP contribution in [0.1, 0.15) is 41.9 Å². The number of ether oxygens (including phenoxy) is 2. The van der Waals surface area contributed by atoms with Gasteiger partial charge in [-0.3, -0.25) is 9.79 Å². The van der Waals surface area contributed by atoms with Crippen LogP contribution < -0.4 is 25.8 Å². The van der Waals surface area contributed by atoms with E-state index in [0.29, 0.717) is 41.5 Å². The first-order valence-electron chi connectivity index (χ1n) is 10.6. The number of hydrogen-bond donors (Lipinski definition) is 3. The van der Waals surface area contributed by atoms with Crippen molar-refractivity contribution in [2.45, 2.75) is 38.4 Å². The van der Waals surface area contributed by atoms with Crippen LogP contribution in [0.25, 0.3) is 5.57 Å². The summed E-state index contributed by atoms with van der Waals surface area (Å²) in [5.74, 6) is 0.827. The number of aromatic nitrogens is 2. The highest BCUT2D eigenvalue weighted by molar-refractivity contribution is 6.09. The maximum absolute atomic E-state index is 13.3. The van der Waals surface area contributed by atoms with E-state index < -0.39 is 0 Å². The van der Waals surface area contributed by atoms with Gasteiger partial charge in [-0.2, -0.15) is 4.98 Å². The molecule has 9 nitrogen and oxygen atoms in total. The zero-order chi connectivity index (χ0) is 22.7. The number of aliphatic imine (C=N–C) groups is 1. The molecular formula is C23H28N6O3. The SMILES string of the molecule is CN=CC(=CN)c1cccc(NC(=O)c2cc3c(nc2OC2CCNC2)OC(C)(C)C3)n1. The summed E-state index contributed by atoms with van der Waals surface area (Å²) in [6.45, 7) is 5.57. The Bertz CT molecular complexity index is 1070. The van der Waals surface area contributed by atoms with E-state index in [4.69, 9.17) is 15.2 Å².